The van der Waals surface area contributed by atoms with Crippen molar-refractivity contribution in [2.75, 3.05) is 20.6 Å². The van der Waals surface area contributed by atoms with Gasteiger partial charge in [0.15, 0.2) is 0 Å². The number of nitrogens with zero attached hydrogens (tertiary/aromatic N) is 1. The average Bonchev–Trinajstić information content (AvgIpc) is 2.59. The Hall–Kier alpha value is -1.48. The molecule has 0 aliphatic rings. The number of H-pyrrole nitrogens is 1. The van der Waals surface area contributed by atoms with Crippen molar-refractivity contribution in [3.63, 3.8) is 0 Å². The molecule has 0 fully saturated rings. The molecular formula is C12H16N2O. The van der Waals surface area contributed by atoms with E-state index in [0.29, 0.717) is 5.75 Å². The zero-order valence-corrected chi connectivity index (χ0v) is 9.12. The second-order valence-electron chi connectivity index (χ2n) is 4.09. The van der Waals surface area contributed by atoms with E-state index in [9.17, 15) is 5.11 Å². The maximum Gasteiger partial charge on any atom is 0.124 e. The predicted octanol–water partition coefficient (Wildman–Crippen LogP) is 1.98. The van der Waals surface area contributed by atoms with Crippen molar-refractivity contribution in [3.8, 4) is 5.75 Å². The van der Waals surface area contributed by atoms with Gasteiger partial charge in [-0.2, -0.15) is 0 Å². The predicted molar refractivity (Wildman–Crippen MR) is 62.2 cm³/mol. The molecule has 3 nitrogen and oxygen atoms in total. The molecule has 0 unspecified atom stereocenters. The normalized spacial score (nSPS) is 11.4. The van der Waals surface area contributed by atoms with Crippen LogP contribution < -0.4 is 0 Å². The Morgan fingerprint density at radius 2 is 2.13 bits per heavy atom. The summed E-state index contributed by atoms with van der Waals surface area (Å²) < 4.78 is 0. The molecule has 2 rings (SSSR count). The van der Waals surface area contributed by atoms with Gasteiger partial charge < -0.3 is 15.0 Å². The summed E-state index contributed by atoms with van der Waals surface area (Å²) in [6, 6.07) is 7.57. The topological polar surface area (TPSA) is 39.3 Å². The average molecular weight is 204 g/mol. The minimum atomic E-state index is 0.347. The van der Waals surface area contributed by atoms with Crippen LogP contribution in [0.2, 0.25) is 0 Å². The van der Waals surface area contributed by atoms with Gasteiger partial charge in [0.25, 0.3) is 0 Å². The first-order valence-electron chi connectivity index (χ1n) is 5.11. The van der Waals surface area contributed by atoms with Crippen LogP contribution >= 0.6 is 0 Å². The Morgan fingerprint density at radius 1 is 1.33 bits per heavy atom. The summed E-state index contributed by atoms with van der Waals surface area (Å²) >= 11 is 0. The van der Waals surface area contributed by atoms with E-state index in [1.165, 1.54) is 5.69 Å². The van der Waals surface area contributed by atoms with E-state index in [4.69, 9.17) is 0 Å². The minimum Gasteiger partial charge on any atom is -0.507 e. The number of aromatic hydroxyl groups is 1. The molecule has 0 bridgehead atoms. The fourth-order valence-electron chi connectivity index (χ4n) is 1.68. The largest absolute Gasteiger partial charge is 0.507 e. The van der Waals surface area contributed by atoms with Gasteiger partial charge in [-0.15, -0.1) is 0 Å². The Balaban J connectivity index is 2.27. The molecule has 0 aliphatic carbocycles. The van der Waals surface area contributed by atoms with Crippen molar-refractivity contribution >= 4 is 10.9 Å². The Kier molecular flexibility index (Phi) is 2.64. The lowest BCUT2D eigenvalue weighted by molar-refractivity contribution is 0.412. The van der Waals surface area contributed by atoms with Gasteiger partial charge in [0, 0.05) is 29.6 Å². The highest BCUT2D eigenvalue weighted by Crippen LogP contribution is 2.24. The highest BCUT2D eigenvalue weighted by molar-refractivity contribution is 5.86. The number of rotatable bonds is 3. The summed E-state index contributed by atoms with van der Waals surface area (Å²) in [6.45, 7) is 1.01. The maximum absolute atomic E-state index is 9.63. The van der Waals surface area contributed by atoms with Crippen molar-refractivity contribution in [3.05, 3.63) is 30.0 Å². The molecule has 1 aromatic heterocycles. The van der Waals surface area contributed by atoms with Crippen molar-refractivity contribution in [2.45, 2.75) is 6.42 Å². The quantitative estimate of drug-likeness (QED) is 0.802. The molecule has 0 saturated carbocycles. The number of fused-ring (bicyclic) bond motifs is 1. The zero-order valence-electron chi connectivity index (χ0n) is 9.12. The Labute approximate surface area is 89.3 Å². The first kappa shape index (κ1) is 10.1. The van der Waals surface area contributed by atoms with Gasteiger partial charge in [-0.1, -0.05) is 6.07 Å². The summed E-state index contributed by atoms with van der Waals surface area (Å²) in [5, 5.41) is 10.5. The van der Waals surface area contributed by atoms with Crippen LogP contribution in [0.4, 0.5) is 0 Å². The molecule has 15 heavy (non-hydrogen) atoms. The molecule has 1 heterocycles. The molecule has 2 N–H and O–H groups in total. The third-order valence-electron chi connectivity index (χ3n) is 2.53. The van der Waals surface area contributed by atoms with Gasteiger partial charge in [-0.25, -0.2) is 0 Å². The fraction of sp³-hybridized carbons (Fsp3) is 0.333. The van der Waals surface area contributed by atoms with Crippen LogP contribution in [-0.2, 0) is 6.42 Å². The molecule has 0 amide bonds. The number of phenols is 1. The summed E-state index contributed by atoms with van der Waals surface area (Å²) in [7, 11) is 4.11. The number of phenolic OH excluding ortho intramolecular Hbond substituents is 1. The van der Waals surface area contributed by atoms with Crippen LogP contribution in [0, 0.1) is 0 Å². The lowest BCUT2D eigenvalue weighted by Crippen LogP contribution is -2.15. The molecule has 0 radical (unpaired) electrons. The standard InChI is InChI=1S/C12H16N2O/c1-14(2)7-6-9-8-10-11(13-9)4-3-5-12(10)15/h3-5,8,13,15H,6-7H2,1-2H3. The summed E-state index contributed by atoms with van der Waals surface area (Å²) in [5.41, 5.74) is 2.17. The number of aromatic amines is 1. The van der Waals surface area contributed by atoms with Gasteiger partial charge in [0.05, 0.1) is 0 Å². The van der Waals surface area contributed by atoms with E-state index < -0.39 is 0 Å². The third-order valence-corrected chi connectivity index (χ3v) is 2.53. The highest BCUT2D eigenvalue weighted by atomic mass is 16.3. The molecule has 3 heteroatoms. The van der Waals surface area contributed by atoms with Crippen molar-refractivity contribution in [1.29, 1.82) is 0 Å². The van der Waals surface area contributed by atoms with Crippen LogP contribution in [-0.4, -0.2) is 35.6 Å². The third kappa shape index (κ3) is 2.13. The number of aromatic nitrogens is 1. The molecule has 0 aliphatic heterocycles. The lowest BCUT2D eigenvalue weighted by atomic mass is 10.2. The van der Waals surface area contributed by atoms with Crippen LogP contribution in [0.25, 0.3) is 10.9 Å². The van der Waals surface area contributed by atoms with Crippen LogP contribution in [0.1, 0.15) is 5.69 Å². The van der Waals surface area contributed by atoms with E-state index in [2.05, 4.69) is 24.0 Å². The SMILES string of the molecule is CN(C)CCc1cc2c(O)cccc2[nH]1. The van der Waals surface area contributed by atoms with Gasteiger partial charge in [-0.05, 0) is 32.3 Å². The second-order valence-corrected chi connectivity index (χ2v) is 4.09. The summed E-state index contributed by atoms with van der Waals surface area (Å²) in [6.07, 6.45) is 0.973. The molecular weight excluding hydrogens is 188 g/mol. The Bertz CT molecular complexity index is 460. The number of nitrogens with one attached hydrogen (secondary N) is 1. The van der Waals surface area contributed by atoms with E-state index in [1.807, 2.05) is 18.2 Å². The second kappa shape index (κ2) is 3.95. The van der Waals surface area contributed by atoms with Gasteiger partial charge in [0.2, 0.25) is 0 Å². The van der Waals surface area contributed by atoms with E-state index in [0.717, 1.165) is 23.9 Å². The smallest absolute Gasteiger partial charge is 0.124 e. The van der Waals surface area contributed by atoms with Crippen LogP contribution in [0.5, 0.6) is 5.75 Å². The van der Waals surface area contributed by atoms with E-state index in [1.54, 1.807) is 6.07 Å². The molecule has 0 spiro atoms. The van der Waals surface area contributed by atoms with Crippen molar-refractivity contribution < 1.29 is 5.11 Å². The Morgan fingerprint density at radius 3 is 2.80 bits per heavy atom. The molecule has 80 valence electrons. The van der Waals surface area contributed by atoms with Crippen LogP contribution in [0.15, 0.2) is 24.3 Å². The lowest BCUT2D eigenvalue weighted by Gasteiger charge is -2.07. The van der Waals surface area contributed by atoms with Gasteiger partial charge in [-0.3, -0.25) is 0 Å². The highest BCUT2D eigenvalue weighted by Gasteiger charge is 2.04. The number of hydrogen-bond donors (Lipinski definition) is 2. The van der Waals surface area contributed by atoms with Crippen molar-refractivity contribution in [2.24, 2.45) is 0 Å². The van der Waals surface area contributed by atoms with Gasteiger partial charge >= 0.3 is 0 Å². The minimum absolute atomic E-state index is 0.347. The monoisotopic (exact) mass is 204 g/mol. The summed E-state index contributed by atoms with van der Waals surface area (Å²) in [5.74, 6) is 0.347. The maximum atomic E-state index is 9.63. The molecule has 2 aromatic rings. The number of benzene rings is 1. The molecule has 0 atom stereocenters. The number of hydrogen-bond acceptors (Lipinski definition) is 2. The van der Waals surface area contributed by atoms with Crippen LogP contribution in [0.3, 0.4) is 0 Å². The van der Waals surface area contributed by atoms with Gasteiger partial charge in [0.1, 0.15) is 5.75 Å². The van der Waals surface area contributed by atoms with Crippen molar-refractivity contribution in [1.82, 2.24) is 9.88 Å². The van der Waals surface area contributed by atoms with E-state index in [-0.39, 0.29) is 0 Å². The first-order valence-corrected chi connectivity index (χ1v) is 5.11. The first-order chi connectivity index (χ1) is 7.16. The van der Waals surface area contributed by atoms with E-state index >= 15 is 0 Å². The number of likely N-dealkylation sites (N-methyl/N-ethyl adjacent to an activating group) is 1. The molecule has 1 aromatic carbocycles. The summed E-state index contributed by atoms with van der Waals surface area (Å²) in [4.78, 5) is 5.45. The zero-order chi connectivity index (χ0) is 10.8. The molecule has 0 saturated heterocycles. The fourth-order valence-corrected chi connectivity index (χ4v) is 1.68.